The lowest BCUT2D eigenvalue weighted by Crippen LogP contribution is -2.29. The molecular formula is C23H23ClFN3O4. The first-order valence-electron chi connectivity index (χ1n) is 9.74. The van der Waals surface area contributed by atoms with Crippen molar-refractivity contribution in [3.63, 3.8) is 0 Å². The smallest absolute Gasteiger partial charge is 0.312 e. The van der Waals surface area contributed by atoms with Gasteiger partial charge in [0.1, 0.15) is 28.9 Å². The molecule has 0 saturated heterocycles. The van der Waals surface area contributed by atoms with E-state index < -0.39 is 11.8 Å². The Morgan fingerprint density at radius 2 is 1.88 bits per heavy atom. The van der Waals surface area contributed by atoms with Crippen molar-refractivity contribution in [1.82, 2.24) is 9.88 Å². The first-order chi connectivity index (χ1) is 15.3. The summed E-state index contributed by atoms with van der Waals surface area (Å²) in [5, 5.41) is 2.37. The van der Waals surface area contributed by atoms with E-state index in [1.54, 1.807) is 30.7 Å². The number of primary amides is 1. The maximum absolute atomic E-state index is 13.6. The molecule has 3 aromatic rings. The molecule has 2 amide bonds. The Kier molecular flexibility index (Phi) is 7.37. The number of hydrogen-bond donors (Lipinski definition) is 2. The standard InChI is InChI=1S/C23H23ClFN3O4/c1-14-9-20(32-13-16-5-6-18(25)10-17(16)11-27-23(26)30)21(24)22(29)28(14)12-15-3-7-19(31-2)8-4-15/h3-10H,11-13H2,1-2H3,(H3,26,27,30). The van der Waals surface area contributed by atoms with Gasteiger partial charge in [0.05, 0.1) is 13.7 Å². The monoisotopic (exact) mass is 459 g/mol. The van der Waals surface area contributed by atoms with Crippen molar-refractivity contribution in [3.8, 4) is 11.5 Å². The molecule has 0 atom stereocenters. The molecule has 0 fully saturated rings. The van der Waals surface area contributed by atoms with Crippen molar-refractivity contribution < 1.29 is 18.7 Å². The summed E-state index contributed by atoms with van der Waals surface area (Å²) in [4.78, 5) is 23.8. The Morgan fingerprint density at radius 3 is 2.53 bits per heavy atom. The van der Waals surface area contributed by atoms with Gasteiger partial charge in [-0.2, -0.15) is 0 Å². The van der Waals surface area contributed by atoms with Crippen LogP contribution in [0.5, 0.6) is 11.5 Å². The molecule has 0 aliphatic carbocycles. The van der Waals surface area contributed by atoms with Crippen LogP contribution in [0.25, 0.3) is 0 Å². The highest BCUT2D eigenvalue weighted by atomic mass is 35.5. The minimum absolute atomic E-state index is 0.0249. The van der Waals surface area contributed by atoms with E-state index in [9.17, 15) is 14.0 Å². The van der Waals surface area contributed by atoms with E-state index in [1.165, 1.54) is 12.1 Å². The van der Waals surface area contributed by atoms with Gasteiger partial charge in [-0.05, 0) is 47.9 Å². The number of urea groups is 1. The van der Waals surface area contributed by atoms with Crippen LogP contribution in [0.2, 0.25) is 5.02 Å². The number of methoxy groups -OCH3 is 1. The third-order valence-corrected chi connectivity index (χ3v) is 5.27. The minimum atomic E-state index is -0.722. The number of amides is 2. The zero-order valence-electron chi connectivity index (χ0n) is 17.7. The molecule has 3 rings (SSSR count). The Balaban J connectivity index is 1.80. The third kappa shape index (κ3) is 5.59. The van der Waals surface area contributed by atoms with Gasteiger partial charge in [-0.15, -0.1) is 0 Å². The largest absolute Gasteiger partial charge is 0.497 e. The second-order valence-electron chi connectivity index (χ2n) is 7.12. The number of nitrogens with one attached hydrogen (secondary N) is 1. The zero-order chi connectivity index (χ0) is 23.3. The summed E-state index contributed by atoms with van der Waals surface area (Å²) in [7, 11) is 1.59. The second kappa shape index (κ2) is 10.2. The average Bonchev–Trinajstić information content (AvgIpc) is 2.78. The van der Waals surface area contributed by atoms with Crippen LogP contribution in [0.4, 0.5) is 9.18 Å². The van der Waals surface area contributed by atoms with Crippen LogP contribution in [0.1, 0.15) is 22.4 Å². The van der Waals surface area contributed by atoms with E-state index in [0.29, 0.717) is 23.4 Å². The average molecular weight is 460 g/mol. The van der Waals surface area contributed by atoms with E-state index in [0.717, 1.165) is 11.3 Å². The first-order valence-corrected chi connectivity index (χ1v) is 10.1. The minimum Gasteiger partial charge on any atom is -0.497 e. The van der Waals surface area contributed by atoms with Crippen molar-refractivity contribution in [1.29, 1.82) is 0 Å². The number of halogens is 2. The highest BCUT2D eigenvalue weighted by Gasteiger charge is 2.14. The van der Waals surface area contributed by atoms with Gasteiger partial charge in [0, 0.05) is 18.3 Å². The quantitative estimate of drug-likeness (QED) is 0.536. The van der Waals surface area contributed by atoms with Crippen LogP contribution in [-0.4, -0.2) is 17.7 Å². The molecule has 0 radical (unpaired) electrons. The van der Waals surface area contributed by atoms with Gasteiger partial charge in [-0.25, -0.2) is 9.18 Å². The summed E-state index contributed by atoms with van der Waals surface area (Å²) in [6.07, 6.45) is 0. The van der Waals surface area contributed by atoms with Crippen LogP contribution in [0, 0.1) is 12.7 Å². The van der Waals surface area contributed by atoms with E-state index >= 15 is 0 Å². The van der Waals surface area contributed by atoms with Gasteiger partial charge >= 0.3 is 6.03 Å². The molecule has 2 aromatic carbocycles. The van der Waals surface area contributed by atoms with Gasteiger partial charge in [0.2, 0.25) is 0 Å². The molecule has 0 bridgehead atoms. The van der Waals surface area contributed by atoms with Crippen LogP contribution in [0.15, 0.2) is 53.3 Å². The number of nitrogens with zero attached hydrogens (tertiary/aromatic N) is 1. The van der Waals surface area contributed by atoms with Gasteiger partial charge in [-0.3, -0.25) is 4.79 Å². The van der Waals surface area contributed by atoms with Crippen molar-refractivity contribution >= 4 is 17.6 Å². The molecule has 0 unspecified atom stereocenters. The predicted octanol–water partition coefficient (Wildman–Crippen LogP) is 3.75. The SMILES string of the molecule is COc1ccc(Cn2c(C)cc(OCc3ccc(F)cc3CNC(N)=O)c(Cl)c2=O)cc1. The first kappa shape index (κ1) is 23.1. The number of carbonyl (C=O) groups is 1. The molecule has 0 spiro atoms. The number of ether oxygens (including phenoxy) is 2. The molecular weight excluding hydrogens is 437 g/mol. The van der Waals surface area contributed by atoms with E-state index in [2.05, 4.69) is 5.32 Å². The highest BCUT2D eigenvalue weighted by Crippen LogP contribution is 2.24. The molecule has 3 N–H and O–H groups in total. The zero-order valence-corrected chi connectivity index (χ0v) is 18.4. The third-order valence-electron chi connectivity index (χ3n) is 4.92. The summed E-state index contributed by atoms with van der Waals surface area (Å²) in [6, 6.07) is 12.5. The molecule has 32 heavy (non-hydrogen) atoms. The second-order valence-corrected chi connectivity index (χ2v) is 7.50. The fourth-order valence-corrected chi connectivity index (χ4v) is 3.38. The predicted molar refractivity (Wildman–Crippen MR) is 120 cm³/mol. The lowest BCUT2D eigenvalue weighted by atomic mass is 10.1. The lowest BCUT2D eigenvalue weighted by Gasteiger charge is -2.16. The fourth-order valence-electron chi connectivity index (χ4n) is 3.17. The Labute approximate surface area is 189 Å². The number of hydrogen-bond acceptors (Lipinski definition) is 4. The van der Waals surface area contributed by atoms with Crippen molar-refractivity contribution in [2.75, 3.05) is 7.11 Å². The Hall–Kier alpha value is -3.52. The Morgan fingerprint density at radius 1 is 1.16 bits per heavy atom. The molecule has 1 heterocycles. The maximum atomic E-state index is 13.6. The molecule has 0 aliphatic rings. The molecule has 0 aliphatic heterocycles. The fraction of sp³-hybridized carbons (Fsp3) is 0.217. The van der Waals surface area contributed by atoms with Gasteiger partial charge in [0.25, 0.3) is 5.56 Å². The lowest BCUT2D eigenvalue weighted by molar-refractivity contribution is 0.248. The van der Waals surface area contributed by atoms with Gasteiger partial charge < -0.3 is 25.1 Å². The number of aromatic nitrogens is 1. The summed E-state index contributed by atoms with van der Waals surface area (Å²) in [5.41, 5.74) is 7.42. The number of carbonyl (C=O) groups excluding carboxylic acids is 1. The summed E-state index contributed by atoms with van der Waals surface area (Å²) < 4.78 is 26.1. The number of benzene rings is 2. The van der Waals surface area contributed by atoms with Gasteiger partial charge in [0.15, 0.2) is 0 Å². The maximum Gasteiger partial charge on any atom is 0.312 e. The van der Waals surface area contributed by atoms with E-state index in [-0.39, 0.29) is 29.5 Å². The van der Waals surface area contributed by atoms with Crippen LogP contribution in [-0.2, 0) is 19.7 Å². The molecule has 0 saturated carbocycles. The summed E-state index contributed by atoms with van der Waals surface area (Å²) in [5.74, 6) is 0.495. The normalized spacial score (nSPS) is 10.6. The number of pyridine rings is 1. The van der Waals surface area contributed by atoms with Crippen LogP contribution >= 0.6 is 11.6 Å². The molecule has 9 heteroatoms. The summed E-state index contributed by atoms with van der Waals surface area (Å²) >= 11 is 6.31. The van der Waals surface area contributed by atoms with Crippen LogP contribution in [0.3, 0.4) is 0 Å². The van der Waals surface area contributed by atoms with Crippen molar-refractivity contribution in [2.24, 2.45) is 5.73 Å². The van der Waals surface area contributed by atoms with E-state index in [4.69, 9.17) is 26.8 Å². The number of rotatable bonds is 8. The van der Waals surface area contributed by atoms with Crippen molar-refractivity contribution in [3.05, 3.63) is 92.1 Å². The molecule has 7 nitrogen and oxygen atoms in total. The summed E-state index contributed by atoms with van der Waals surface area (Å²) in [6.45, 7) is 2.20. The van der Waals surface area contributed by atoms with Gasteiger partial charge in [-0.1, -0.05) is 29.8 Å². The van der Waals surface area contributed by atoms with Crippen LogP contribution < -0.4 is 26.1 Å². The van der Waals surface area contributed by atoms with E-state index in [1.807, 2.05) is 24.3 Å². The number of aryl methyl sites for hydroxylation is 1. The molecule has 1 aromatic heterocycles. The number of nitrogens with two attached hydrogens (primary N) is 1. The topological polar surface area (TPSA) is 95.6 Å². The molecule has 168 valence electrons. The highest BCUT2D eigenvalue weighted by molar-refractivity contribution is 6.31. The van der Waals surface area contributed by atoms with Crippen molar-refractivity contribution in [2.45, 2.75) is 26.6 Å². The Bertz CT molecular complexity index is 1180.